The van der Waals surface area contributed by atoms with Crippen LogP contribution in [-0.4, -0.2) is 12.7 Å². The monoisotopic (exact) mass is 308 g/mol. The van der Waals surface area contributed by atoms with E-state index in [1.165, 1.54) is 5.56 Å². The zero-order chi connectivity index (χ0) is 13.9. The van der Waals surface area contributed by atoms with E-state index >= 15 is 0 Å². The number of ether oxygens (including phenoxy) is 2. The van der Waals surface area contributed by atoms with Crippen LogP contribution in [0.15, 0.2) is 42.5 Å². The number of hydrogen-bond acceptors (Lipinski definition) is 2. The van der Waals surface area contributed by atoms with E-state index in [2.05, 4.69) is 6.07 Å². The van der Waals surface area contributed by atoms with E-state index in [4.69, 9.17) is 32.7 Å². The van der Waals surface area contributed by atoms with E-state index in [0.29, 0.717) is 23.3 Å². The van der Waals surface area contributed by atoms with Gasteiger partial charge in [0.25, 0.3) is 0 Å². The van der Waals surface area contributed by atoms with E-state index < -0.39 is 0 Å². The first-order chi connectivity index (χ1) is 9.76. The SMILES string of the molecule is ClCc1ccc(OCC2Cc3ccccc3O2)c(Cl)c1. The molecule has 1 aliphatic heterocycles. The second kappa shape index (κ2) is 5.94. The highest BCUT2D eigenvalue weighted by molar-refractivity contribution is 6.32. The predicted octanol–water partition coefficient (Wildman–Crippen LogP) is 4.46. The lowest BCUT2D eigenvalue weighted by Crippen LogP contribution is -2.22. The average Bonchev–Trinajstić information content (AvgIpc) is 2.88. The summed E-state index contributed by atoms with van der Waals surface area (Å²) in [6.45, 7) is 0.481. The van der Waals surface area contributed by atoms with Crippen LogP contribution in [0.5, 0.6) is 11.5 Å². The Morgan fingerprint density at radius 1 is 1.20 bits per heavy atom. The summed E-state index contributed by atoms with van der Waals surface area (Å²) in [5.41, 5.74) is 2.21. The van der Waals surface area contributed by atoms with E-state index in [1.54, 1.807) is 0 Å². The summed E-state index contributed by atoms with van der Waals surface area (Å²) in [7, 11) is 0. The van der Waals surface area contributed by atoms with Crippen LogP contribution in [0.3, 0.4) is 0 Å². The van der Waals surface area contributed by atoms with Crippen molar-refractivity contribution in [3.63, 3.8) is 0 Å². The molecule has 0 saturated carbocycles. The van der Waals surface area contributed by atoms with Crippen molar-refractivity contribution in [1.29, 1.82) is 0 Å². The molecule has 2 nitrogen and oxygen atoms in total. The zero-order valence-corrected chi connectivity index (χ0v) is 12.3. The molecule has 104 valence electrons. The number of para-hydroxylation sites is 1. The molecule has 0 aliphatic carbocycles. The van der Waals surface area contributed by atoms with Crippen LogP contribution < -0.4 is 9.47 Å². The fraction of sp³-hybridized carbons (Fsp3) is 0.250. The molecular formula is C16H14Cl2O2. The molecular weight excluding hydrogens is 295 g/mol. The Morgan fingerprint density at radius 2 is 2.05 bits per heavy atom. The van der Waals surface area contributed by atoms with Crippen molar-refractivity contribution >= 4 is 23.2 Å². The number of benzene rings is 2. The van der Waals surface area contributed by atoms with Gasteiger partial charge in [0.2, 0.25) is 0 Å². The number of halogens is 2. The molecule has 1 atom stereocenters. The summed E-state index contributed by atoms with van der Waals surface area (Å²) >= 11 is 11.9. The Hall–Kier alpha value is -1.38. The summed E-state index contributed by atoms with van der Waals surface area (Å²) in [6.07, 6.45) is 0.907. The van der Waals surface area contributed by atoms with Crippen LogP contribution in [0.2, 0.25) is 5.02 Å². The Labute approximate surface area is 128 Å². The van der Waals surface area contributed by atoms with Gasteiger partial charge < -0.3 is 9.47 Å². The van der Waals surface area contributed by atoms with Crippen molar-refractivity contribution in [3.8, 4) is 11.5 Å². The minimum Gasteiger partial charge on any atom is -0.488 e. The van der Waals surface area contributed by atoms with Crippen molar-refractivity contribution < 1.29 is 9.47 Å². The summed E-state index contributed by atoms with van der Waals surface area (Å²) in [4.78, 5) is 0. The largest absolute Gasteiger partial charge is 0.488 e. The molecule has 4 heteroatoms. The molecule has 0 bridgehead atoms. The van der Waals surface area contributed by atoms with Crippen molar-refractivity contribution in [3.05, 3.63) is 58.6 Å². The van der Waals surface area contributed by atoms with E-state index in [9.17, 15) is 0 Å². The molecule has 1 unspecified atom stereocenters. The molecule has 2 aromatic rings. The van der Waals surface area contributed by atoms with Crippen molar-refractivity contribution in [2.45, 2.75) is 18.4 Å². The van der Waals surface area contributed by atoms with Gasteiger partial charge in [-0.1, -0.05) is 35.9 Å². The van der Waals surface area contributed by atoms with Crippen LogP contribution >= 0.6 is 23.2 Å². The molecule has 0 saturated heterocycles. The molecule has 20 heavy (non-hydrogen) atoms. The molecule has 0 radical (unpaired) electrons. The Bertz CT molecular complexity index is 588. The van der Waals surface area contributed by atoms with Crippen molar-refractivity contribution in [2.24, 2.45) is 0 Å². The lowest BCUT2D eigenvalue weighted by molar-refractivity contribution is 0.148. The maximum Gasteiger partial charge on any atom is 0.138 e. The summed E-state index contributed by atoms with van der Waals surface area (Å²) in [5.74, 6) is 2.06. The molecule has 0 N–H and O–H groups in total. The van der Waals surface area contributed by atoms with E-state index in [1.807, 2.05) is 36.4 Å². The van der Waals surface area contributed by atoms with Crippen LogP contribution in [0.1, 0.15) is 11.1 Å². The minimum atomic E-state index is 0.0381. The Balaban J connectivity index is 1.61. The maximum atomic E-state index is 6.16. The molecule has 0 amide bonds. The molecule has 1 aliphatic rings. The molecule has 0 fully saturated rings. The van der Waals surface area contributed by atoms with Gasteiger partial charge in [-0.05, 0) is 29.3 Å². The van der Waals surface area contributed by atoms with Crippen molar-refractivity contribution in [2.75, 3.05) is 6.61 Å². The first-order valence-electron chi connectivity index (χ1n) is 6.48. The smallest absolute Gasteiger partial charge is 0.138 e. The fourth-order valence-corrected chi connectivity index (χ4v) is 2.70. The highest BCUT2D eigenvalue weighted by atomic mass is 35.5. The van der Waals surface area contributed by atoms with Gasteiger partial charge in [0.05, 0.1) is 5.02 Å². The fourth-order valence-electron chi connectivity index (χ4n) is 2.27. The van der Waals surface area contributed by atoms with Gasteiger partial charge in [0, 0.05) is 12.3 Å². The third kappa shape index (κ3) is 2.87. The Morgan fingerprint density at radius 3 is 2.80 bits per heavy atom. The standard InChI is InChI=1S/C16H14Cl2O2/c17-9-11-5-6-16(14(18)7-11)19-10-13-8-12-3-1-2-4-15(12)20-13/h1-7,13H,8-10H2. The number of hydrogen-bond donors (Lipinski definition) is 0. The van der Waals surface area contributed by atoms with E-state index in [-0.39, 0.29) is 6.10 Å². The second-order valence-electron chi connectivity index (χ2n) is 4.76. The van der Waals surface area contributed by atoms with Crippen LogP contribution in [-0.2, 0) is 12.3 Å². The molecule has 0 spiro atoms. The minimum absolute atomic E-state index is 0.0381. The van der Waals surface area contributed by atoms with Gasteiger partial charge in [-0.25, -0.2) is 0 Å². The summed E-state index contributed by atoms with van der Waals surface area (Å²) in [5, 5.41) is 0.582. The maximum absolute atomic E-state index is 6.16. The van der Waals surface area contributed by atoms with Gasteiger partial charge in [-0.3, -0.25) is 0 Å². The quantitative estimate of drug-likeness (QED) is 0.776. The number of rotatable bonds is 4. The molecule has 1 heterocycles. The first kappa shape index (κ1) is 13.6. The molecule has 3 rings (SSSR count). The van der Waals surface area contributed by atoms with Gasteiger partial charge in [0.15, 0.2) is 0 Å². The van der Waals surface area contributed by atoms with Gasteiger partial charge in [-0.2, -0.15) is 0 Å². The molecule has 0 aromatic heterocycles. The summed E-state index contributed by atoms with van der Waals surface area (Å²) < 4.78 is 11.6. The van der Waals surface area contributed by atoms with Crippen LogP contribution in [0, 0.1) is 0 Å². The highest BCUT2D eigenvalue weighted by Gasteiger charge is 2.23. The third-order valence-electron chi connectivity index (χ3n) is 3.29. The predicted molar refractivity (Wildman–Crippen MR) is 81.1 cm³/mol. The Kier molecular flexibility index (Phi) is 4.04. The zero-order valence-electron chi connectivity index (χ0n) is 10.8. The number of fused-ring (bicyclic) bond motifs is 1. The summed E-state index contributed by atoms with van der Waals surface area (Å²) in [6, 6.07) is 13.7. The van der Waals surface area contributed by atoms with E-state index in [0.717, 1.165) is 17.7 Å². The normalized spacial score (nSPS) is 16.6. The third-order valence-corrected chi connectivity index (χ3v) is 3.89. The van der Waals surface area contributed by atoms with Crippen LogP contribution in [0.25, 0.3) is 0 Å². The van der Waals surface area contributed by atoms with Gasteiger partial charge >= 0.3 is 0 Å². The first-order valence-corrected chi connectivity index (χ1v) is 7.39. The average molecular weight is 309 g/mol. The highest BCUT2D eigenvalue weighted by Crippen LogP contribution is 2.30. The second-order valence-corrected chi connectivity index (χ2v) is 5.44. The van der Waals surface area contributed by atoms with Gasteiger partial charge in [-0.15, -0.1) is 11.6 Å². The van der Waals surface area contributed by atoms with Crippen molar-refractivity contribution in [1.82, 2.24) is 0 Å². The lowest BCUT2D eigenvalue weighted by Gasteiger charge is -2.13. The topological polar surface area (TPSA) is 18.5 Å². The van der Waals surface area contributed by atoms with Crippen LogP contribution in [0.4, 0.5) is 0 Å². The lowest BCUT2D eigenvalue weighted by atomic mass is 10.1. The molecule has 2 aromatic carbocycles. The van der Waals surface area contributed by atoms with Gasteiger partial charge in [0.1, 0.15) is 24.2 Å². The number of alkyl halides is 1.